The van der Waals surface area contributed by atoms with Gasteiger partial charge in [0.15, 0.2) is 5.89 Å². The number of nitrogens with zero attached hydrogens (tertiary/aromatic N) is 3. The van der Waals surface area contributed by atoms with Crippen LogP contribution in [0.3, 0.4) is 0 Å². The molecular weight excluding hydrogens is 266 g/mol. The first-order chi connectivity index (χ1) is 10.1. The summed E-state index contributed by atoms with van der Waals surface area (Å²) in [5, 5.41) is 10.4. The number of aromatic nitrogens is 1. The third-order valence-corrected chi connectivity index (χ3v) is 4.64. The van der Waals surface area contributed by atoms with E-state index in [0.29, 0.717) is 12.0 Å². The molecular formula is C16H27N3O2. The van der Waals surface area contributed by atoms with Crippen LogP contribution in [-0.2, 0) is 6.54 Å². The lowest BCUT2D eigenvalue weighted by Gasteiger charge is -2.33. The first-order valence-corrected chi connectivity index (χ1v) is 8.22. The standard InChI is InChI=1S/C16H27N3O2/c1-12(2)16-17-13(11-21-16)8-18-9-14(15(20)10-18)19-6-4-3-5-7-19/h11-12,14-15,20H,3-10H2,1-2H3/t14-,15-/m0/s1. The van der Waals surface area contributed by atoms with Crippen molar-refractivity contribution in [1.82, 2.24) is 14.8 Å². The van der Waals surface area contributed by atoms with Gasteiger partial charge in [0.1, 0.15) is 6.26 Å². The molecule has 1 N–H and O–H groups in total. The molecule has 5 heteroatoms. The highest BCUT2D eigenvalue weighted by Crippen LogP contribution is 2.22. The summed E-state index contributed by atoms with van der Waals surface area (Å²) in [7, 11) is 0. The second-order valence-electron chi connectivity index (χ2n) is 6.76. The lowest BCUT2D eigenvalue weighted by molar-refractivity contribution is 0.0706. The molecule has 2 aliphatic rings. The van der Waals surface area contributed by atoms with Gasteiger partial charge in [0.2, 0.25) is 0 Å². The largest absolute Gasteiger partial charge is 0.448 e. The minimum absolute atomic E-state index is 0.237. The van der Waals surface area contributed by atoms with E-state index >= 15 is 0 Å². The Kier molecular flexibility index (Phi) is 4.62. The van der Waals surface area contributed by atoms with Crippen molar-refractivity contribution in [3.8, 4) is 0 Å². The molecule has 2 saturated heterocycles. The topological polar surface area (TPSA) is 52.7 Å². The van der Waals surface area contributed by atoms with Crippen LogP contribution in [0.25, 0.3) is 0 Å². The third-order valence-electron chi connectivity index (χ3n) is 4.64. The molecule has 3 heterocycles. The molecule has 2 atom stereocenters. The van der Waals surface area contributed by atoms with Gasteiger partial charge in [-0.3, -0.25) is 9.80 Å². The Hall–Kier alpha value is -0.910. The van der Waals surface area contributed by atoms with Crippen LogP contribution in [0.4, 0.5) is 0 Å². The maximum Gasteiger partial charge on any atom is 0.196 e. The molecule has 5 nitrogen and oxygen atoms in total. The van der Waals surface area contributed by atoms with Gasteiger partial charge in [-0.05, 0) is 25.9 Å². The van der Waals surface area contributed by atoms with E-state index in [1.54, 1.807) is 6.26 Å². The van der Waals surface area contributed by atoms with E-state index in [4.69, 9.17) is 4.42 Å². The second kappa shape index (κ2) is 6.46. The number of oxazole rings is 1. The molecule has 1 aromatic heterocycles. The molecule has 118 valence electrons. The Morgan fingerprint density at radius 2 is 2.05 bits per heavy atom. The lowest BCUT2D eigenvalue weighted by atomic mass is 10.1. The Balaban J connectivity index is 1.57. The zero-order chi connectivity index (χ0) is 14.8. The summed E-state index contributed by atoms with van der Waals surface area (Å²) < 4.78 is 5.50. The average molecular weight is 293 g/mol. The molecule has 0 amide bonds. The number of aliphatic hydroxyl groups excluding tert-OH is 1. The van der Waals surface area contributed by atoms with Crippen LogP contribution in [0.2, 0.25) is 0 Å². The zero-order valence-electron chi connectivity index (χ0n) is 13.2. The molecule has 0 bridgehead atoms. The van der Waals surface area contributed by atoms with Crippen LogP contribution in [0.1, 0.15) is 50.6 Å². The summed E-state index contributed by atoms with van der Waals surface area (Å²) in [6.07, 6.45) is 5.39. The fourth-order valence-electron chi connectivity index (χ4n) is 3.47. The Bertz CT molecular complexity index is 454. The summed E-state index contributed by atoms with van der Waals surface area (Å²) in [5.41, 5.74) is 0.977. The monoisotopic (exact) mass is 293 g/mol. The van der Waals surface area contributed by atoms with Gasteiger partial charge in [0.05, 0.1) is 11.8 Å². The summed E-state index contributed by atoms with van der Waals surface area (Å²) in [4.78, 5) is 9.30. The van der Waals surface area contributed by atoms with Gasteiger partial charge in [-0.1, -0.05) is 20.3 Å². The Morgan fingerprint density at radius 1 is 1.29 bits per heavy atom. The van der Waals surface area contributed by atoms with Gasteiger partial charge >= 0.3 is 0 Å². The van der Waals surface area contributed by atoms with Gasteiger partial charge in [0, 0.05) is 31.6 Å². The second-order valence-corrected chi connectivity index (χ2v) is 6.76. The molecule has 3 rings (SSSR count). The number of aliphatic hydroxyl groups is 1. The summed E-state index contributed by atoms with van der Waals surface area (Å²) >= 11 is 0. The molecule has 0 spiro atoms. The molecule has 21 heavy (non-hydrogen) atoms. The van der Waals surface area contributed by atoms with Crippen molar-refractivity contribution in [2.75, 3.05) is 26.2 Å². The van der Waals surface area contributed by atoms with Crippen molar-refractivity contribution < 1.29 is 9.52 Å². The fourth-order valence-corrected chi connectivity index (χ4v) is 3.47. The van der Waals surface area contributed by atoms with Crippen molar-refractivity contribution in [2.24, 2.45) is 0 Å². The number of likely N-dealkylation sites (tertiary alicyclic amines) is 2. The smallest absolute Gasteiger partial charge is 0.196 e. The Morgan fingerprint density at radius 3 is 2.71 bits per heavy atom. The maximum absolute atomic E-state index is 10.4. The van der Waals surface area contributed by atoms with Crippen molar-refractivity contribution in [3.05, 3.63) is 17.8 Å². The molecule has 2 aliphatic heterocycles. The van der Waals surface area contributed by atoms with Gasteiger partial charge < -0.3 is 9.52 Å². The normalized spacial score (nSPS) is 28.6. The van der Waals surface area contributed by atoms with E-state index in [9.17, 15) is 5.11 Å². The molecule has 0 aromatic carbocycles. The van der Waals surface area contributed by atoms with Gasteiger partial charge in [-0.15, -0.1) is 0 Å². The van der Waals surface area contributed by atoms with Crippen LogP contribution in [0.15, 0.2) is 10.7 Å². The molecule has 1 aromatic rings. The van der Waals surface area contributed by atoms with Gasteiger partial charge in [0.25, 0.3) is 0 Å². The first-order valence-electron chi connectivity index (χ1n) is 8.22. The van der Waals surface area contributed by atoms with E-state index in [2.05, 4.69) is 28.6 Å². The summed E-state index contributed by atoms with van der Waals surface area (Å²) in [6.45, 7) is 8.89. The maximum atomic E-state index is 10.4. The van der Waals surface area contributed by atoms with Crippen LogP contribution in [0.5, 0.6) is 0 Å². The van der Waals surface area contributed by atoms with E-state index in [0.717, 1.165) is 44.3 Å². The van der Waals surface area contributed by atoms with Gasteiger partial charge in [-0.2, -0.15) is 0 Å². The van der Waals surface area contributed by atoms with E-state index in [1.165, 1.54) is 19.3 Å². The molecule has 0 aliphatic carbocycles. The predicted molar refractivity (Wildman–Crippen MR) is 81.1 cm³/mol. The highest BCUT2D eigenvalue weighted by atomic mass is 16.3. The summed E-state index contributed by atoms with van der Waals surface area (Å²) in [6, 6.07) is 0.293. The number of rotatable bonds is 4. The first kappa shape index (κ1) is 15.0. The molecule has 0 unspecified atom stereocenters. The quantitative estimate of drug-likeness (QED) is 0.918. The van der Waals surface area contributed by atoms with E-state index in [-0.39, 0.29) is 6.10 Å². The minimum Gasteiger partial charge on any atom is -0.448 e. The van der Waals surface area contributed by atoms with Crippen LogP contribution < -0.4 is 0 Å². The fraction of sp³-hybridized carbons (Fsp3) is 0.812. The van der Waals surface area contributed by atoms with E-state index < -0.39 is 0 Å². The molecule has 2 fully saturated rings. The lowest BCUT2D eigenvalue weighted by Crippen LogP contribution is -2.45. The molecule has 0 saturated carbocycles. The molecule has 0 radical (unpaired) electrons. The third kappa shape index (κ3) is 3.47. The van der Waals surface area contributed by atoms with Gasteiger partial charge in [-0.25, -0.2) is 4.98 Å². The number of β-amino-alcohol motifs (C(OH)–C–C–N with tert-alkyl or cyclic N) is 1. The van der Waals surface area contributed by atoms with Crippen molar-refractivity contribution in [3.63, 3.8) is 0 Å². The van der Waals surface area contributed by atoms with E-state index in [1.807, 2.05) is 0 Å². The SMILES string of the molecule is CC(C)c1nc(CN2C[C@H](O)[C@@H](N3CCCCC3)C2)co1. The number of hydrogen-bond donors (Lipinski definition) is 1. The highest BCUT2D eigenvalue weighted by Gasteiger charge is 2.36. The number of piperidine rings is 1. The van der Waals surface area contributed by atoms with Crippen LogP contribution >= 0.6 is 0 Å². The minimum atomic E-state index is -0.237. The average Bonchev–Trinajstić information content (AvgIpc) is 3.07. The number of hydrogen-bond acceptors (Lipinski definition) is 5. The zero-order valence-corrected chi connectivity index (χ0v) is 13.2. The van der Waals surface area contributed by atoms with Crippen molar-refractivity contribution in [2.45, 2.75) is 57.7 Å². The Labute approximate surface area is 126 Å². The summed E-state index contributed by atoms with van der Waals surface area (Å²) in [5.74, 6) is 1.13. The highest BCUT2D eigenvalue weighted by molar-refractivity contribution is 5.01. The van der Waals surface area contributed by atoms with Crippen LogP contribution in [-0.4, -0.2) is 58.2 Å². The van der Waals surface area contributed by atoms with Crippen molar-refractivity contribution >= 4 is 0 Å². The van der Waals surface area contributed by atoms with Crippen LogP contribution in [0, 0.1) is 0 Å². The van der Waals surface area contributed by atoms with Crippen molar-refractivity contribution in [1.29, 1.82) is 0 Å². The predicted octanol–water partition coefficient (Wildman–Crippen LogP) is 1.83.